The highest BCUT2D eigenvalue weighted by Gasteiger charge is 2.32. The minimum Gasteiger partial charge on any atom is -0.497 e. The van der Waals surface area contributed by atoms with Crippen molar-refractivity contribution in [3.63, 3.8) is 0 Å². The van der Waals surface area contributed by atoms with Gasteiger partial charge in [0.15, 0.2) is 0 Å². The van der Waals surface area contributed by atoms with E-state index in [0.717, 1.165) is 0 Å². The van der Waals surface area contributed by atoms with E-state index < -0.39 is 5.97 Å². The van der Waals surface area contributed by atoms with Crippen LogP contribution in [-0.4, -0.2) is 37.2 Å². The van der Waals surface area contributed by atoms with Crippen molar-refractivity contribution in [1.29, 1.82) is 0 Å². The van der Waals surface area contributed by atoms with Gasteiger partial charge in [-0.05, 0) is 24.6 Å². The molecule has 1 aromatic rings. The van der Waals surface area contributed by atoms with Crippen LogP contribution in [0.25, 0.3) is 0 Å². The number of nitrogens with two attached hydrogens (primary N) is 1. The Kier molecular flexibility index (Phi) is 3.71. The fourth-order valence-corrected chi connectivity index (χ4v) is 2.21. The number of anilines is 1. The molecule has 0 saturated carbocycles. The molecule has 1 heterocycles. The fourth-order valence-electron chi connectivity index (χ4n) is 2.21. The van der Waals surface area contributed by atoms with Gasteiger partial charge in [0, 0.05) is 19.0 Å². The molecule has 0 aliphatic carbocycles. The first-order valence-electron chi connectivity index (χ1n) is 5.98. The van der Waals surface area contributed by atoms with Crippen LogP contribution in [0.2, 0.25) is 0 Å². The molecule has 1 aromatic carbocycles. The van der Waals surface area contributed by atoms with Gasteiger partial charge in [-0.2, -0.15) is 0 Å². The Morgan fingerprint density at radius 2 is 2.32 bits per heavy atom. The molecule has 1 unspecified atom stereocenters. The molecule has 0 bridgehead atoms. The molecular weight excluding hydrogens is 248 g/mol. The van der Waals surface area contributed by atoms with Gasteiger partial charge in [-0.1, -0.05) is 0 Å². The summed E-state index contributed by atoms with van der Waals surface area (Å²) in [5.41, 5.74) is 6.03. The molecule has 2 rings (SSSR count). The van der Waals surface area contributed by atoms with E-state index in [-0.39, 0.29) is 17.4 Å². The van der Waals surface area contributed by atoms with Gasteiger partial charge < -0.3 is 20.5 Å². The number of carbonyl (C=O) groups is 2. The van der Waals surface area contributed by atoms with Crippen molar-refractivity contribution in [1.82, 2.24) is 0 Å². The first-order chi connectivity index (χ1) is 9.06. The molecule has 3 N–H and O–H groups in total. The highest BCUT2D eigenvalue weighted by Crippen LogP contribution is 2.31. The van der Waals surface area contributed by atoms with Gasteiger partial charge in [0.1, 0.15) is 5.75 Å². The SMILES string of the molecule is COc1ccc(C(=O)O)c(N2CC(CN)CC2=O)c1. The van der Waals surface area contributed by atoms with E-state index in [1.54, 1.807) is 12.1 Å². The largest absolute Gasteiger partial charge is 0.497 e. The topological polar surface area (TPSA) is 92.9 Å². The average molecular weight is 264 g/mol. The second-order valence-corrected chi connectivity index (χ2v) is 4.50. The van der Waals surface area contributed by atoms with E-state index in [1.807, 2.05) is 0 Å². The maximum absolute atomic E-state index is 12.0. The molecular formula is C13H16N2O4. The molecule has 0 radical (unpaired) electrons. The van der Waals surface area contributed by atoms with Crippen molar-refractivity contribution < 1.29 is 19.4 Å². The second kappa shape index (κ2) is 5.27. The number of carboxylic acid groups (broad SMARTS) is 1. The minimum atomic E-state index is -1.07. The summed E-state index contributed by atoms with van der Waals surface area (Å²) in [7, 11) is 1.49. The van der Waals surface area contributed by atoms with Crippen LogP contribution in [0.4, 0.5) is 5.69 Å². The van der Waals surface area contributed by atoms with E-state index in [1.165, 1.54) is 18.1 Å². The van der Waals surface area contributed by atoms with Crippen molar-refractivity contribution in [3.8, 4) is 5.75 Å². The molecule has 1 aliphatic heterocycles. The van der Waals surface area contributed by atoms with Crippen molar-refractivity contribution in [2.45, 2.75) is 6.42 Å². The fraction of sp³-hybridized carbons (Fsp3) is 0.385. The summed E-state index contributed by atoms with van der Waals surface area (Å²) in [6.07, 6.45) is 0.354. The number of nitrogens with zero attached hydrogens (tertiary/aromatic N) is 1. The van der Waals surface area contributed by atoms with Crippen molar-refractivity contribution in [2.75, 3.05) is 25.1 Å². The van der Waals surface area contributed by atoms with Gasteiger partial charge in [-0.15, -0.1) is 0 Å². The van der Waals surface area contributed by atoms with Crippen molar-refractivity contribution in [2.24, 2.45) is 11.7 Å². The number of ether oxygens (including phenoxy) is 1. The number of amides is 1. The smallest absolute Gasteiger partial charge is 0.337 e. The van der Waals surface area contributed by atoms with Crippen molar-refractivity contribution in [3.05, 3.63) is 23.8 Å². The van der Waals surface area contributed by atoms with Crippen LogP contribution < -0.4 is 15.4 Å². The Morgan fingerprint density at radius 3 is 2.84 bits per heavy atom. The molecule has 0 aromatic heterocycles. The molecule has 19 heavy (non-hydrogen) atoms. The summed E-state index contributed by atoms with van der Waals surface area (Å²) in [5.74, 6) is -0.586. The van der Waals surface area contributed by atoms with Gasteiger partial charge in [0.25, 0.3) is 0 Å². The number of benzene rings is 1. The molecule has 1 fully saturated rings. The minimum absolute atomic E-state index is 0.0698. The molecule has 0 spiro atoms. The summed E-state index contributed by atoms with van der Waals surface area (Å²) >= 11 is 0. The Bertz CT molecular complexity index is 515. The maximum Gasteiger partial charge on any atom is 0.337 e. The van der Waals surface area contributed by atoms with Crippen LogP contribution in [0, 0.1) is 5.92 Å². The summed E-state index contributed by atoms with van der Waals surface area (Å²) in [6, 6.07) is 4.58. The van der Waals surface area contributed by atoms with Crippen LogP contribution in [0.1, 0.15) is 16.8 Å². The first-order valence-corrected chi connectivity index (χ1v) is 5.98. The number of hydrogen-bond acceptors (Lipinski definition) is 4. The molecule has 6 heteroatoms. The molecule has 1 saturated heterocycles. The van der Waals surface area contributed by atoms with Gasteiger partial charge in [-0.25, -0.2) is 4.79 Å². The van der Waals surface area contributed by atoms with Gasteiger partial charge in [0.2, 0.25) is 5.91 Å². The van der Waals surface area contributed by atoms with Crippen LogP contribution in [0.3, 0.4) is 0 Å². The molecule has 1 atom stereocenters. The summed E-state index contributed by atoms with van der Waals surface area (Å²) in [6.45, 7) is 0.859. The first kappa shape index (κ1) is 13.4. The van der Waals surface area contributed by atoms with E-state index in [9.17, 15) is 14.7 Å². The zero-order valence-electron chi connectivity index (χ0n) is 10.6. The third kappa shape index (κ3) is 2.53. The lowest BCUT2D eigenvalue weighted by atomic mass is 10.1. The van der Waals surface area contributed by atoms with Gasteiger partial charge in [-0.3, -0.25) is 4.79 Å². The predicted octanol–water partition coefficient (Wildman–Crippen LogP) is 0.705. The summed E-state index contributed by atoms with van der Waals surface area (Å²) in [5, 5.41) is 9.20. The third-order valence-corrected chi connectivity index (χ3v) is 3.26. The summed E-state index contributed by atoms with van der Waals surface area (Å²) < 4.78 is 5.08. The number of carboxylic acids is 1. The highest BCUT2D eigenvalue weighted by atomic mass is 16.5. The maximum atomic E-state index is 12.0. The summed E-state index contributed by atoms with van der Waals surface area (Å²) in [4.78, 5) is 24.7. The lowest BCUT2D eigenvalue weighted by Gasteiger charge is -2.19. The lowest BCUT2D eigenvalue weighted by molar-refractivity contribution is -0.117. The Labute approximate surface area is 110 Å². The Morgan fingerprint density at radius 1 is 1.58 bits per heavy atom. The van der Waals surface area contributed by atoms with Crippen LogP contribution in [-0.2, 0) is 4.79 Å². The quantitative estimate of drug-likeness (QED) is 0.835. The van der Waals surface area contributed by atoms with E-state index in [0.29, 0.717) is 30.9 Å². The van der Waals surface area contributed by atoms with E-state index >= 15 is 0 Å². The van der Waals surface area contributed by atoms with Crippen LogP contribution in [0.5, 0.6) is 5.75 Å². The number of carbonyl (C=O) groups excluding carboxylic acids is 1. The molecule has 102 valence electrons. The molecule has 1 amide bonds. The Balaban J connectivity index is 2.42. The van der Waals surface area contributed by atoms with E-state index in [2.05, 4.69) is 0 Å². The lowest BCUT2D eigenvalue weighted by Crippen LogP contribution is -2.27. The van der Waals surface area contributed by atoms with Gasteiger partial charge >= 0.3 is 5.97 Å². The number of rotatable bonds is 4. The third-order valence-electron chi connectivity index (χ3n) is 3.26. The van der Waals surface area contributed by atoms with Gasteiger partial charge in [0.05, 0.1) is 18.4 Å². The van der Waals surface area contributed by atoms with Crippen molar-refractivity contribution >= 4 is 17.6 Å². The average Bonchev–Trinajstić information content (AvgIpc) is 2.79. The van der Waals surface area contributed by atoms with E-state index in [4.69, 9.17) is 10.5 Å². The molecule has 6 nitrogen and oxygen atoms in total. The van der Waals surface area contributed by atoms with Crippen LogP contribution >= 0.6 is 0 Å². The number of hydrogen-bond donors (Lipinski definition) is 2. The monoisotopic (exact) mass is 264 g/mol. The molecule has 1 aliphatic rings. The highest BCUT2D eigenvalue weighted by molar-refractivity contribution is 6.03. The number of methoxy groups -OCH3 is 1. The Hall–Kier alpha value is -2.08. The predicted molar refractivity (Wildman–Crippen MR) is 69.5 cm³/mol. The second-order valence-electron chi connectivity index (χ2n) is 4.50. The normalized spacial score (nSPS) is 18.7. The standard InChI is InChI=1S/C13H16N2O4/c1-19-9-2-3-10(13(17)18)11(5-9)15-7-8(6-14)4-12(15)16/h2-3,5,8H,4,6-7,14H2,1H3,(H,17,18). The zero-order chi connectivity index (χ0) is 14.0. The zero-order valence-corrected chi connectivity index (χ0v) is 10.6. The van der Waals surface area contributed by atoms with Crippen LogP contribution in [0.15, 0.2) is 18.2 Å². The number of aromatic carboxylic acids is 1.